The third-order valence-electron chi connectivity index (χ3n) is 3.99. The second kappa shape index (κ2) is 5.51. The molecule has 0 saturated carbocycles. The van der Waals surface area contributed by atoms with Gasteiger partial charge >= 0.3 is 0 Å². The molecule has 6 heteroatoms. The minimum Gasteiger partial charge on any atom is -0.383 e. The highest BCUT2D eigenvalue weighted by molar-refractivity contribution is 9.10. The Labute approximate surface area is 130 Å². The maximum atomic E-state index is 13.9. The van der Waals surface area contributed by atoms with E-state index >= 15 is 0 Å². The van der Waals surface area contributed by atoms with Crippen LogP contribution in [-0.2, 0) is 23.3 Å². The Kier molecular flexibility index (Phi) is 3.86. The molecule has 2 aromatic rings. The lowest BCUT2D eigenvalue weighted by Crippen LogP contribution is -2.29. The Morgan fingerprint density at radius 3 is 3.10 bits per heavy atom. The zero-order valence-corrected chi connectivity index (χ0v) is 13.2. The lowest BCUT2D eigenvalue weighted by Gasteiger charge is -2.26. The van der Waals surface area contributed by atoms with Crippen LogP contribution in [0.1, 0.15) is 23.2 Å². The molecule has 1 unspecified atom stereocenters. The fourth-order valence-corrected chi connectivity index (χ4v) is 3.63. The first-order chi connectivity index (χ1) is 10.1. The summed E-state index contributed by atoms with van der Waals surface area (Å²) in [6, 6.07) is 4.85. The van der Waals surface area contributed by atoms with Crippen molar-refractivity contribution in [2.75, 3.05) is 13.7 Å². The molecule has 0 fully saturated rings. The Morgan fingerprint density at radius 1 is 1.52 bits per heavy atom. The van der Waals surface area contributed by atoms with Crippen LogP contribution >= 0.6 is 15.9 Å². The molecule has 112 valence electrons. The topological polar surface area (TPSA) is 47.3 Å². The van der Waals surface area contributed by atoms with E-state index in [2.05, 4.69) is 21.0 Å². The van der Waals surface area contributed by atoms with Crippen LogP contribution in [0.25, 0.3) is 0 Å². The molecule has 1 aliphatic rings. The molecule has 1 N–H and O–H groups in total. The normalized spacial score (nSPS) is 20.8. The van der Waals surface area contributed by atoms with E-state index in [0.29, 0.717) is 42.8 Å². The van der Waals surface area contributed by atoms with Gasteiger partial charge in [0.1, 0.15) is 11.4 Å². The van der Waals surface area contributed by atoms with Crippen LogP contribution in [0.5, 0.6) is 0 Å². The maximum absolute atomic E-state index is 13.9. The zero-order chi connectivity index (χ0) is 15.0. The summed E-state index contributed by atoms with van der Waals surface area (Å²) in [6.45, 7) is 1.03. The van der Waals surface area contributed by atoms with Crippen molar-refractivity contribution in [3.05, 3.63) is 51.5 Å². The van der Waals surface area contributed by atoms with Crippen molar-refractivity contribution in [3.8, 4) is 0 Å². The molecular formula is C15H16BrFN2O2. The number of ether oxygens (including phenoxy) is 1. The van der Waals surface area contributed by atoms with Gasteiger partial charge in [-0.3, -0.25) is 4.68 Å². The maximum Gasteiger partial charge on any atom is 0.133 e. The molecule has 4 nitrogen and oxygen atoms in total. The molecule has 0 spiro atoms. The third kappa shape index (κ3) is 2.31. The van der Waals surface area contributed by atoms with Crippen molar-refractivity contribution in [3.63, 3.8) is 0 Å². The van der Waals surface area contributed by atoms with E-state index in [4.69, 9.17) is 4.74 Å². The van der Waals surface area contributed by atoms with E-state index < -0.39 is 5.60 Å². The highest BCUT2D eigenvalue weighted by atomic mass is 79.9. The van der Waals surface area contributed by atoms with E-state index in [1.54, 1.807) is 30.1 Å². The average molecular weight is 355 g/mol. The molecule has 21 heavy (non-hydrogen) atoms. The minimum atomic E-state index is -1.22. The first-order valence-corrected chi connectivity index (χ1v) is 7.58. The minimum absolute atomic E-state index is 0.262. The van der Waals surface area contributed by atoms with Crippen LogP contribution in [0.2, 0.25) is 0 Å². The van der Waals surface area contributed by atoms with E-state index in [1.165, 1.54) is 6.07 Å². The lowest BCUT2D eigenvalue weighted by atomic mass is 9.92. The van der Waals surface area contributed by atoms with Crippen LogP contribution < -0.4 is 0 Å². The van der Waals surface area contributed by atoms with Crippen molar-refractivity contribution in [2.24, 2.45) is 0 Å². The van der Waals surface area contributed by atoms with Crippen molar-refractivity contribution in [2.45, 2.75) is 25.0 Å². The van der Waals surface area contributed by atoms with Gasteiger partial charge in [-0.05, 0) is 46.0 Å². The lowest BCUT2D eigenvalue weighted by molar-refractivity contribution is 0.0695. The monoisotopic (exact) mass is 354 g/mol. The molecular weight excluding hydrogens is 339 g/mol. The zero-order valence-electron chi connectivity index (χ0n) is 11.6. The number of methoxy groups -OCH3 is 1. The Balaban J connectivity index is 2.10. The van der Waals surface area contributed by atoms with Crippen molar-refractivity contribution < 1.29 is 14.2 Å². The SMILES string of the molecule is COCCn1ncc(Br)c1C1(O)CCc2c(F)cccc21. The number of halogens is 2. The predicted molar refractivity (Wildman–Crippen MR) is 79.5 cm³/mol. The van der Waals surface area contributed by atoms with Gasteiger partial charge in [-0.15, -0.1) is 0 Å². The number of aromatic nitrogens is 2. The predicted octanol–water partition coefficient (Wildman–Crippen LogP) is 2.61. The van der Waals surface area contributed by atoms with E-state index in [1.807, 2.05) is 0 Å². The van der Waals surface area contributed by atoms with Crippen molar-refractivity contribution in [1.29, 1.82) is 0 Å². The standard InChI is InChI=1S/C15H16BrFN2O2/c1-21-8-7-19-14(12(16)9-18-19)15(20)6-5-10-11(15)3-2-4-13(10)17/h2-4,9,20H,5-8H2,1H3. The van der Waals surface area contributed by atoms with Gasteiger partial charge in [-0.25, -0.2) is 4.39 Å². The number of hydrogen-bond donors (Lipinski definition) is 1. The van der Waals surface area contributed by atoms with Crippen LogP contribution in [0, 0.1) is 5.82 Å². The number of hydrogen-bond acceptors (Lipinski definition) is 3. The summed E-state index contributed by atoms with van der Waals surface area (Å²) >= 11 is 3.45. The molecule has 0 radical (unpaired) electrons. The number of rotatable bonds is 4. The molecule has 1 aliphatic carbocycles. The van der Waals surface area contributed by atoms with Crippen LogP contribution in [0.4, 0.5) is 4.39 Å². The van der Waals surface area contributed by atoms with Gasteiger partial charge in [0.2, 0.25) is 0 Å². The molecule has 1 atom stereocenters. The van der Waals surface area contributed by atoms with Crippen molar-refractivity contribution >= 4 is 15.9 Å². The largest absolute Gasteiger partial charge is 0.383 e. The van der Waals surface area contributed by atoms with Crippen LogP contribution in [-0.4, -0.2) is 28.6 Å². The highest BCUT2D eigenvalue weighted by Crippen LogP contribution is 2.45. The molecule has 0 saturated heterocycles. The summed E-state index contributed by atoms with van der Waals surface area (Å²) in [5.41, 5.74) is 0.651. The van der Waals surface area contributed by atoms with Crippen molar-refractivity contribution in [1.82, 2.24) is 9.78 Å². The first-order valence-electron chi connectivity index (χ1n) is 6.79. The van der Waals surface area contributed by atoms with E-state index in [0.717, 1.165) is 4.47 Å². The van der Waals surface area contributed by atoms with Gasteiger partial charge in [0.25, 0.3) is 0 Å². The molecule has 1 heterocycles. The second-order valence-electron chi connectivity index (χ2n) is 5.18. The number of fused-ring (bicyclic) bond motifs is 1. The molecule has 0 amide bonds. The Hall–Kier alpha value is -1.24. The second-order valence-corrected chi connectivity index (χ2v) is 6.04. The number of aliphatic hydroxyl groups is 1. The van der Waals surface area contributed by atoms with Gasteiger partial charge in [0.15, 0.2) is 0 Å². The molecule has 0 bridgehead atoms. The third-order valence-corrected chi connectivity index (χ3v) is 4.58. The molecule has 0 aliphatic heterocycles. The van der Waals surface area contributed by atoms with Crippen LogP contribution in [0.15, 0.2) is 28.9 Å². The smallest absolute Gasteiger partial charge is 0.133 e. The van der Waals surface area contributed by atoms with Crippen LogP contribution in [0.3, 0.4) is 0 Å². The molecule has 1 aromatic carbocycles. The van der Waals surface area contributed by atoms with Gasteiger partial charge in [-0.2, -0.15) is 5.10 Å². The summed E-state index contributed by atoms with van der Waals surface area (Å²) in [5.74, 6) is -0.262. The van der Waals surface area contributed by atoms with Gasteiger partial charge < -0.3 is 9.84 Å². The quantitative estimate of drug-likeness (QED) is 0.917. The van der Waals surface area contributed by atoms with Gasteiger partial charge in [0, 0.05) is 7.11 Å². The first kappa shape index (κ1) is 14.7. The fourth-order valence-electron chi connectivity index (χ4n) is 3.01. The fraction of sp³-hybridized carbons (Fsp3) is 0.400. The van der Waals surface area contributed by atoms with Gasteiger partial charge in [0.05, 0.1) is 29.5 Å². The van der Waals surface area contributed by atoms with Gasteiger partial charge in [-0.1, -0.05) is 12.1 Å². The summed E-state index contributed by atoms with van der Waals surface area (Å²) in [7, 11) is 1.62. The Bertz CT molecular complexity index is 674. The molecule has 3 rings (SSSR count). The summed E-state index contributed by atoms with van der Waals surface area (Å²) in [6.07, 6.45) is 2.61. The summed E-state index contributed by atoms with van der Waals surface area (Å²) < 4.78 is 21.4. The average Bonchev–Trinajstić information content (AvgIpc) is 3.00. The van der Waals surface area contributed by atoms with E-state index in [-0.39, 0.29) is 5.82 Å². The summed E-state index contributed by atoms with van der Waals surface area (Å²) in [5, 5.41) is 15.5. The number of benzene rings is 1. The summed E-state index contributed by atoms with van der Waals surface area (Å²) in [4.78, 5) is 0. The molecule has 1 aromatic heterocycles. The van der Waals surface area contributed by atoms with E-state index in [9.17, 15) is 9.50 Å². The Morgan fingerprint density at radius 2 is 2.33 bits per heavy atom. The number of nitrogens with zero attached hydrogens (tertiary/aromatic N) is 2. The highest BCUT2D eigenvalue weighted by Gasteiger charge is 2.43.